The van der Waals surface area contributed by atoms with Crippen molar-refractivity contribution in [3.05, 3.63) is 48.0 Å². The van der Waals surface area contributed by atoms with E-state index in [2.05, 4.69) is 10.6 Å². The number of amides is 2. The number of methoxy groups -OCH3 is 2. The van der Waals surface area contributed by atoms with Crippen LogP contribution in [0.5, 0.6) is 11.5 Å². The minimum absolute atomic E-state index is 0.0417. The van der Waals surface area contributed by atoms with E-state index in [0.29, 0.717) is 17.4 Å². The van der Waals surface area contributed by atoms with E-state index in [1.807, 2.05) is 0 Å². The van der Waals surface area contributed by atoms with Crippen molar-refractivity contribution < 1.29 is 40.7 Å². The van der Waals surface area contributed by atoms with Gasteiger partial charge in [0.25, 0.3) is 9.84 Å². The first-order valence-corrected chi connectivity index (χ1v) is 10.6. The Kier molecular flexibility index (Phi) is 7.73. The summed E-state index contributed by atoms with van der Waals surface area (Å²) in [5.41, 5.74) is -5.19. The molecule has 0 aliphatic heterocycles. The number of hydrogen-bond acceptors (Lipinski definition) is 6. The highest BCUT2D eigenvalue weighted by molar-refractivity contribution is 7.92. The van der Waals surface area contributed by atoms with E-state index >= 15 is 0 Å². The van der Waals surface area contributed by atoms with Crippen molar-refractivity contribution in [3.63, 3.8) is 0 Å². The number of alkyl halides is 3. The topological polar surface area (TPSA) is 111 Å². The van der Waals surface area contributed by atoms with Gasteiger partial charge in [0.05, 0.1) is 37.3 Å². The summed E-state index contributed by atoms with van der Waals surface area (Å²) in [4.78, 5) is 23.1. The van der Waals surface area contributed by atoms with E-state index in [4.69, 9.17) is 9.47 Å². The number of anilines is 1. The Hall–Kier alpha value is -3.28. The van der Waals surface area contributed by atoms with E-state index in [9.17, 15) is 31.2 Å². The van der Waals surface area contributed by atoms with Crippen LogP contribution in [0, 0.1) is 0 Å². The Morgan fingerprint density at radius 3 is 2.16 bits per heavy atom. The number of ether oxygens (including phenoxy) is 2. The van der Waals surface area contributed by atoms with Gasteiger partial charge >= 0.3 is 5.51 Å². The van der Waals surface area contributed by atoms with Gasteiger partial charge in [-0.05, 0) is 35.9 Å². The molecule has 174 valence electrons. The first-order valence-electron chi connectivity index (χ1n) is 9.09. The summed E-state index contributed by atoms with van der Waals surface area (Å²) in [6.45, 7) is 1.27. The SMILES string of the molecule is COc1ccc(C(CC(=O)Nc2cc(S(=O)(=O)C(F)(F)F)ccc2OC)NC(C)=O)cc1. The van der Waals surface area contributed by atoms with Crippen LogP contribution in [-0.2, 0) is 19.4 Å². The van der Waals surface area contributed by atoms with Crippen molar-refractivity contribution in [1.29, 1.82) is 0 Å². The summed E-state index contributed by atoms with van der Waals surface area (Å²) in [5.74, 6) is -0.582. The third-order valence-electron chi connectivity index (χ3n) is 4.35. The molecule has 2 aromatic carbocycles. The molecule has 1 unspecified atom stereocenters. The zero-order valence-corrected chi connectivity index (χ0v) is 18.1. The fourth-order valence-corrected chi connectivity index (χ4v) is 3.59. The van der Waals surface area contributed by atoms with Crippen molar-refractivity contribution in [2.75, 3.05) is 19.5 Å². The number of rotatable bonds is 8. The Morgan fingerprint density at radius 2 is 1.66 bits per heavy atom. The highest BCUT2D eigenvalue weighted by Gasteiger charge is 2.47. The molecule has 0 heterocycles. The molecule has 0 bridgehead atoms. The summed E-state index contributed by atoms with van der Waals surface area (Å²) in [7, 11) is -2.93. The van der Waals surface area contributed by atoms with Crippen LogP contribution in [0.1, 0.15) is 24.9 Å². The molecule has 0 saturated carbocycles. The molecule has 0 aromatic heterocycles. The molecule has 0 aliphatic rings. The van der Waals surface area contributed by atoms with Gasteiger partial charge in [-0.3, -0.25) is 9.59 Å². The first kappa shape index (κ1) is 25.0. The maximum atomic E-state index is 12.9. The van der Waals surface area contributed by atoms with Crippen molar-refractivity contribution in [3.8, 4) is 11.5 Å². The third-order valence-corrected chi connectivity index (χ3v) is 5.83. The van der Waals surface area contributed by atoms with E-state index in [1.165, 1.54) is 21.1 Å². The molecular weight excluding hydrogens is 453 g/mol. The molecule has 2 amide bonds. The van der Waals surface area contributed by atoms with Crippen LogP contribution in [-0.4, -0.2) is 40.0 Å². The number of sulfone groups is 1. The molecule has 12 heteroatoms. The summed E-state index contributed by atoms with van der Waals surface area (Å²) in [5, 5.41) is 4.97. The largest absolute Gasteiger partial charge is 0.501 e. The quantitative estimate of drug-likeness (QED) is 0.608. The van der Waals surface area contributed by atoms with Gasteiger partial charge in [0.2, 0.25) is 11.8 Å². The van der Waals surface area contributed by atoms with Crippen LogP contribution in [0.4, 0.5) is 18.9 Å². The molecule has 1 atom stereocenters. The van der Waals surface area contributed by atoms with Gasteiger partial charge in [-0.25, -0.2) is 8.42 Å². The first-order chi connectivity index (χ1) is 14.9. The third kappa shape index (κ3) is 5.90. The molecule has 32 heavy (non-hydrogen) atoms. The highest BCUT2D eigenvalue weighted by atomic mass is 32.2. The predicted molar refractivity (Wildman–Crippen MR) is 109 cm³/mol. The summed E-state index contributed by atoms with van der Waals surface area (Å²) in [6.07, 6.45) is -0.286. The van der Waals surface area contributed by atoms with Gasteiger partial charge in [-0.1, -0.05) is 12.1 Å². The Balaban J connectivity index is 2.30. The number of carbonyl (C=O) groups is 2. The zero-order valence-electron chi connectivity index (χ0n) is 17.3. The Labute approximate surface area is 182 Å². The molecule has 0 fully saturated rings. The van der Waals surface area contributed by atoms with E-state index in [0.717, 1.165) is 12.1 Å². The van der Waals surface area contributed by atoms with E-state index in [1.54, 1.807) is 24.3 Å². The Bertz CT molecular complexity index is 1090. The smallest absolute Gasteiger partial charge is 0.497 e. The predicted octanol–water partition coefficient (Wildman–Crippen LogP) is 3.20. The van der Waals surface area contributed by atoms with E-state index < -0.39 is 38.1 Å². The number of benzene rings is 2. The standard InChI is InChI=1S/C20H21F3N2O6S/c1-12(26)24-16(13-4-6-14(30-2)7-5-13)11-19(27)25-17-10-15(8-9-18(17)31-3)32(28,29)20(21,22)23/h4-10,16H,11H2,1-3H3,(H,24,26)(H,25,27). The molecule has 8 nitrogen and oxygen atoms in total. The van der Waals surface area contributed by atoms with Gasteiger partial charge in [0.15, 0.2) is 0 Å². The monoisotopic (exact) mass is 474 g/mol. The van der Waals surface area contributed by atoms with Gasteiger partial charge in [-0.15, -0.1) is 0 Å². The fourth-order valence-electron chi connectivity index (χ4n) is 2.81. The van der Waals surface area contributed by atoms with Gasteiger partial charge < -0.3 is 20.1 Å². The molecule has 0 aliphatic carbocycles. The van der Waals surface area contributed by atoms with Crippen LogP contribution in [0.3, 0.4) is 0 Å². The molecule has 0 radical (unpaired) electrons. The maximum Gasteiger partial charge on any atom is 0.501 e. The van der Waals surface area contributed by atoms with Gasteiger partial charge in [0, 0.05) is 6.92 Å². The van der Waals surface area contributed by atoms with Gasteiger partial charge in [-0.2, -0.15) is 13.2 Å². The second-order valence-corrected chi connectivity index (χ2v) is 8.53. The lowest BCUT2D eigenvalue weighted by Gasteiger charge is -2.19. The van der Waals surface area contributed by atoms with E-state index in [-0.39, 0.29) is 17.9 Å². The van der Waals surface area contributed by atoms with Crippen molar-refractivity contribution in [2.45, 2.75) is 29.8 Å². The second kappa shape index (κ2) is 9.90. The maximum absolute atomic E-state index is 12.9. The number of halogens is 3. The lowest BCUT2D eigenvalue weighted by Crippen LogP contribution is -2.30. The molecule has 2 aromatic rings. The van der Waals surface area contributed by atoms with Gasteiger partial charge in [0.1, 0.15) is 11.5 Å². The number of hydrogen-bond donors (Lipinski definition) is 2. The van der Waals surface area contributed by atoms with Crippen molar-refractivity contribution in [1.82, 2.24) is 5.32 Å². The zero-order chi connectivity index (χ0) is 24.1. The van der Waals surface area contributed by atoms with Crippen LogP contribution in [0.25, 0.3) is 0 Å². The average molecular weight is 474 g/mol. The normalized spacial score (nSPS) is 12.6. The Morgan fingerprint density at radius 1 is 1.03 bits per heavy atom. The second-order valence-electron chi connectivity index (χ2n) is 6.59. The summed E-state index contributed by atoms with van der Waals surface area (Å²) >= 11 is 0. The fraction of sp³-hybridized carbons (Fsp3) is 0.300. The number of carbonyl (C=O) groups excluding carboxylic acids is 2. The van der Waals surface area contributed by atoms with Crippen molar-refractivity contribution >= 4 is 27.3 Å². The van der Waals surface area contributed by atoms with Crippen molar-refractivity contribution in [2.24, 2.45) is 0 Å². The summed E-state index contributed by atoms with van der Waals surface area (Å²) < 4.78 is 72.1. The lowest BCUT2D eigenvalue weighted by molar-refractivity contribution is -0.120. The molecular formula is C20H21F3N2O6S. The lowest BCUT2D eigenvalue weighted by atomic mass is 10.0. The average Bonchev–Trinajstić information content (AvgIpc) is 2.72. The van der Waals surface area contributed by atoms with Crippen LogP contribution in [0.15, 0.2) is 47.4 Å². The number of nitrogens with one attached hydrogen (secondary N) is 2. The summed E-state index contributed by atoms with van der Waals surface area (Å²) in [6, 6.07) is 8.20. The molecule has 2 rings (SSSR count). The van der Waals surface area contributed by atoms with Crippen LogP contribution < -0.4 is 20.1 Å². The molecule has 0 saturated heterocycles. The minimum Gasteiger partial charge on any atom is -0.497 e. The minimum atomic E-state index is -5.62. The highest BCUT2D eigenvalue weighted by Crippen LogP contribution is 2.35. The van der Waals surface area contributed by atoms with Crippen LogP contribution in [0.2, 0.25) is 0 Å². The molecule has 0 spiro atoms. The molecule has 2 N–H and O–H groups in total. The van der Waals surface area contributed by atoms with Crippen LogP contribution >= 0.6 is 0 Å².